The van der Waals surface area contributed by atoms with Crippen LogP contribution in [0.5, 0.6) is 0 Å². The average molecular weight is 278 g/mol. The Morgan fingerprint density at radius 2 is 1.67 bits per heavy atom. The number of aromatic nitrogens is 4. The van der Waals surface area contributed by atoms with Gasteiger partial charge in [0.25, 0.3) is 6.17 Å². The largest absolute Gasteiger partial charge is 0.253 e. The monoisotopic (exact) mass is 278 g/mol. The molecule has 1 atom stereocenters. The number of hydrogen-bond donors (Lipinski definition) is 1. The van der Waals surface area contributed by atoms with E-state index in [4.69, 9.17) is 5.53 Å². The van der Waals surface area contributed by atoms with Gasteiger partial charge in [-0.05, 0) is 10.4 Å². The minimum Gasteiger partial charge on any atom is -0.188 e. The van der Waals surface area contributed by atoms with Gasteiger partial charge in [0.2, 0.25) is 4.91 Å². The highest BCUT2D eigenvalue weighted by Crippen LogP contribution is 2.24. The molecular formula is C14H12N7+. The molecule has 0 spiro atoms. The van der Waals surface area contributed by atoms with Gasteiger partial charge in [-0.15, -0.1) is 5.10 Å². The van der Waals surface area contributed by atoms with Crippen molar-refractivity contribution in [3.8, 4) is 11.4 Å². The zero-order chi connectivity index (χ0) is 14.5. The first-order valence-corrected chi connectivity index (χ1v) is 6.35. The molecule has 102 valence electrons. The maximum Gasteiger partial charge on any atom is 0.253 e. The van der Waals surface area contributed by atoms with Crippen LogP contribution in [0.2, 0.25) is 0 Å². The van der Waals surface area contributed by atoms with Crippen molar-refractivity contribution in [3.05, 3.63) is 66.2 Å². The van der Waals surface area contributed by atoms with Crippen LogP contribution in [0.3, 0.4) is 0 Å². The quantitative estimate of drug-likeness (QED) is 0.586. The van der Waals surface area contributed by atoms with E-state index in [0.717, 1.165) is 11.1 Å². The smallest absolute Gasteiger partial charge is 0.188 e. The minimum absolute atomic E-state index is 0.561. The minimum atomic E-state index is -0.561. The van der Waals surface area contributed by atoms with Gasteiger partial charge in [-0.25, -0.2) is 0 Å². The molecule has 0 amide bonds. The first-order chi connectivity index (χ1) is 10.4. The van der Waals surface area contributed by atoms with E-state index < -0.39 is 6.17 Å². The van der Waals surface area contributed by atoms with E-state index in [1.165, 1.54) is 0 Å². The second kappa shape index (κ2) is 5.85. The van der Waals surface area contributed by atoms with Crippen molar-refractivity contribution in [3.63, 3.8) is 0 Å². The van der Waals surface area contributed by atoms with Crippen LogP contribution in [-0.2, 0) is 0 Å². The number of tetrazole rings is 1. The molecule has 0 fully saturated rings. The van der Waals surface area contributed by atoms with Crippen LogP contribution in [0.15, 0.2) is 65.8 Å². The molecule has 21 heavy (non-hydrogen) atoms. The Labute approximate surface area is 120 Å². The van der Waals surface area contributed by atoms with Gasteiger partial charge in [0, 0.05) is 11.1 Å². The molecule has 7 heteroatoms. The van der Waals surface area contributed by atoms with E-state index in [0.29, 0.717) is 5.82 Å². The number of rotatable bonds is 4. The fourth-order valence-electron chi connectivity index (χ4n) is 2.07. The molecule has 3 aromatic rings. The molecule has 0 aliphatic rings. The summed E-state index contributed by atoms with van der Waals surface area (Å²) in [5, 5.41) is 15.7. The SMILES string of the molecule is N=[N+]=NC(c1ccccc1)n1nnnc1-c1ccccc1. The summed E-state index contributed by atoms with van der Waals surface area (Å²) >= 11 is 0. The van der Waals surface area contributed by atoms with Gasteiger partial charge in [0.15, 0.2) is 5.82 Å². The highest BCUT2D eigenvalue weighted by molar-refractivity contribution is 5.54. The Morgan fingerprint density at radius 1 is 1.00 bits per heavy atom. The Hall–Kier alpha value is -3.18. The number of nitrogens with one attached hydrogen (secondary N) is 1. The van der Waals surface area contributed by atoms with Gasteiger partial charge < -0.3 is 0 Å². The van der Waals surface area contributed by atoms with Crippen molar-refractivity contribution in [2.24, 2.45) is 5.11 Å². The first kappa shape index (κ1) is 12.8. The topological polar surface area (TPSA) is 93.9 Å². The van der Waals surface area contributed by atoms with Crippen molar-refractivity contribution < 1.29 is 0 Å². The highest BCUT2D eigenvalue weighted by atomic mass is 15.6. The van der Waals surface area contributed by atoms with Crippen LogP contribution in [0.1, 0.15) is 11.7 Å². The molecule has 0 aliphatic carbocycles. The van der Waals surface area contributed by atoms with Gasteiger partial charge >= 0.3 is 0 Å². The van der Waals surface area contributed by atoms with Gasteiger partial charge in [0.1, 0.15) is 10.6 Å². The van der Waals surface area contributed by atoms with Gasteiger partial charge in [-0.1, -0.05) is 60.7 Å². The lowest BCUT2D eigenvalue weighted by Gasteiger charge is -2.08. The fourth-order valence-corrected chi connectivity index (χ4v) is 2.07. The predicted octanol–water partition coefficient (Wildman–Crippen LogP) is 2.44. The zero-order valence-corrected chi connectivity index (χ0v) is 11.0. The summed E-state index contributed by atoms with van der Waals surface area (Å²) in [5.41, 5.74) is 8.77. The van der Waals surface area contributed by atoms with Gasteiger partial charge in [0.05, 0.1) is 0 Å². The third-order valence-corrected chi connectivity index (χ3v) is 3.02. The summed E-state index contributed by atoms with van der Waals surface area (Å²) in [6, 6.07) is 19.1. The molecule has 1 heterocycles. The molecule has 2 aromatic carbocycles. The van der Waals surface area contributed by atoms with Crippen molar-refractivity contribution in [2.45, 2.75) is 6.17 Å². The standard InChI is InChI=1S/C14H12N7/c15-18-16-13(11-7-3-1-4-8-11)21-14(17-19-20-21)12-9-5-2-6-10-12/h1-10,13,15H/q+1. The summed E-state index contributed by atoms with van der Waals surface area (Å²) in [4.78, 5) is 3.16. The Kier molecular flexibility index (Phi) is 3.58. The van der Waals surface area contributed by atoms with Crippen molar-refractivity contribution in [1.82, 2.24) is 25.1 Å². The van der Waals surface area contributed by atoms with E-state index in [-0.39, 0.29) is 0 Å². The van der Waals surface area contributed by atoms with Gasteiger partial charge in [-0.3, -0.25) is 0 Å². The summed E-state index contributed by atoms with van der Waals surface area (Å²) in [7, 11) is 0. The number of hydrogen-bond acceptors (Lipinski definition) is 5. The molecule has 0 radical (unpaired) electrons. The molecule has 3 rings (SSSR count). The third-order valence-electron chi connectivity index (χ3n) is 3.02. The van der Waals surface area contributed by atoms with Crippen molar-refractivity contribution in [2.75, 3.05) is 0 Å². The average Bonchev–Trinajstić information content (AvgIpc) is 3.03. The summed E-state index contributed by atoms with van der Waals surface area (Å²) < 4.78 is 1.56. The molecule has 1 unspecified atom stereocenters. The zero-order valence-electron chi connectivity index (χ0n) is 11.0. The normalized spacial score (nSPS) is 11.6. The molecule has 0 saturated heterocycles. The molecule has 1 aromatic heterocycles. The van der Waals surface area contributed by atoms with Crippen LogP contribution in [-0.4, -0.2) is 20.2 Å². The lowest BCUT2D eigenvalue weighted by molar-refractivity contribution is 0.501. The lowest BCUT2D eigenvalue weighted by atomic mass is 10.1. The number of benzene rings is 2. The Balaban J connectivity index is 2.10. The summed E-state index contributed by atoms with van der Waals surface area (Å²) in [5.74, 6) is 0.580. The molecular weight excluding hydrogens is 266 g/mol. The lowest BCUT2D eigenvalue weighted by Crippen LogP contribution is -2.12. The van der Waals surface area contributed by atoms with Crippen LogP contribution in [0.4, 0.5) is 0 Å². The van der Waals surface area contributed by atoms with Crippen LogP contribution < -0.4 is 4.91 Å². The van der Waals surface area contributed by atoms with E-state index >= 15 is 0 Å². The van der Waals surface area contributed by atoms with Crippen molar-refractivity contribution in [1.29, 1.82) is 5.53 Å². The second-order valence-corrected chi connectivity index (χ2v) is 4.31. The number of nitrogens with zero attached hydrogens (tertiary/aromatic N) is 6. The maximum atomic E-state index is 7.04. The van der Waals surface area contributed by atoms with Gasteiger partial charge in [-0.2, -0.15) is 4.68 Å². The predicted molar refractivity (Wildman–Crippen MR) is 75.1 cm³/mol. The van der Waals surface area contributed by atoms with E-state index in [9.17, 15) is 0 Å². The molecule has 1 N–H and O–H groups in total. The highest BCUT2D eigenvalue weighted by Gasteiger charge is 2.23. The van der Waals surface area contributed by atoms with Crippen molar-refractivity contribution >= 4 is 0 Å². The summed E-state index contributed by atoms with van der Waals surface area (Å²) in [6.45, 7) is 0. The molecule has 0 saturated carbocycles. The third kappa shape index (κ3) is 2.58. The maximum absolute atomic E-state index is 7.04. The fraction of sp³-hybridized carbons (Fsp3) is 0.0714. The van der Waals surface area contributed by atoms with Crippen LogP contribution >= 0.6 is 0 Å². The summed E-state index contributed by atoms with van der Waals surface area (Å²) in [6.07, 6.45) is -0.561. The Bertz CT molecular complexity index is 760. The Morgan fingerprint density at radius 3 is 2.33 bits per heavy atom. The molecule has 0 aliphatic heterocycles. The van der Waals surface area contributed by atoms with Crippen LogP contribution in [0.25, 0.3) is 11.4 Å². The van der Waals surface area contributed by atoms with Crippen LogP contribution in [0, 0.1) is 5.53 Å². The first-order valence-electron chi connectivity index (χ1n) is 6.35. The molecule has 7 nitrogen and oxygen atoms in total. The second-order valence-electron chi connectivity index (χ2n) is 4.31. The van der Waals surface area contributed by atoms with E-state index in [2.05, 4.69) is 25.6 Å². The molecule has 0 bridgehead atoms. The van der Waals surface area contributed by atoms with E-state index in [1.54, 1.807) is 4.68 Å². The van der Waals surface area contributed by atoms with E-state index in [1.807, 2.05) is 60.7 Å².